The van der Waals surface area contributed by atoms with Crippen molar-refractivity contribution in [3.05, 3.63) is 53.4 Å². The fourth-order valence-corrected chi connectivity index (χ4v) is 2.82. The van der Waals surface area contributed by atoms with Crippen molar-refractivity contribution in [1.82, 2.24) is 24.8 Å². The molecule has 0 saturated carbocycles. The van der Waals surface area contributed by atoms with E-state index in [1.807, 2.05) is 62.7 Å². The molecule has 0 unspecified atom stereocenters. The van der Waals surface area contributed by atoms with Crippen molar-refractivity contribution in [2.24, 2.45) is 0 Å². The van der Waals surface area contributed by atoms with Crippen LogP contribution in [0.4, 0.5) is 10.5 Å². The Bertz CT molecular complexity index is 930. The van der Waals surface area contributed by atoms with Crippen molar-refractivity contribution < 1.29 is 9.32 Å². The largest absolute Gasteiger partial charge is 0.337 e. The number of benzene rings is 1. The number of hydrogen-bond acceptors (Lipinski definition) is 5. The highest BCUT2D eigenvalue weighted by Gasteiger charge is 2.18. The van der Waals surface area contributed by atoms with Crippen molar-refractivity contribution in [1.29, 1.82) is 0 Å². The molecule has 0 aliphatic rings. The molecule has 27 heavy (non-hydrogen) atoms. The Morgan fingerprint density at radius 1 is 1.26 bits per heavy atom. The second-order valence-corrected chi connectivity index (χ2v) is 6.26. The Balaban J connectivity index is 1.79. The average Bonchev–Trinajstić information content (AvgIpc) is 3.25. The van der Waals surface area contributed by atoms with Crippen LogP contribution in [0.3, 0.4) is 0 Å². The maximum absolute atomic E-state index is 12.8. The zero-order valence-corrected chi connectivity index (χ0v) is 16.1. The molecule has 1 aromatic carbocycles. The lowest BCUT2D eigenvalue weighted by atomic mass is 10.2. The van der Waals surface area contributed by atoms with Gasteiger partial charge in [-0.15, -0.1) is 0 Å². The smallest absolute Gasteiger partial charge is 0.322 e. The number of nitrogens with zero attached hydrogens (tertiary/aromatic N) is 5. The monoisotopic (exact) mass is 368 g/mol. The summed E-state index contributed by atoms with van der Waals surface area (Å²) in [6, 6.07) is 9.35. The van der Waals surface area contributed by atoms with Crippen molar-refractivity contribution in [3.63, 3.8) is 0 Å². The van der Waals surface area contributed by atoms with Crippen LogP contribution in [0.2, 0.25) is 0 Å². The quantitative estimate of drug-likeness (QED) is 0.719. The molecule has 0 saturated heterocycles. The van der Waals surface area contributed by atoms with Crippen molar-refractivity contribution in [2.45, 2.75) is 40.7 Å². The van der Waals surface area contributed by atoms with Crippen molar-refractivity contribution >= 4 is 11.7 Å². The number of aromatic nitrogens is 4. The Morgan fingerprint density at radius 2 is 2.04 bits per heavy atom. The molecule has 2 aromatic heterocycles. The van der Waals surface area contributed by atoms with E-state index in [9.17, 15) is 4.79 Å². The fourth-order valence-electron chi connectivity index (χ4n) is 2.82. The molecule has 0 atom stereocenters. The molecule has 142 valence electrons. The molecule has 0 radical (unpaired) electrons. The van der Waals surface area contributed by atoms with E-state index >= 15 is 0 Å². The number of aryl methyl sites for hydroxylation is 3. The van der Waals surface area contributed by atoms with E-state index < -0.39 is 0 Å². The van der Waals surface area contributed by atoms with Gasteiger partial charge in [0, 0.05) is 18.7 Å². The third-order valence-electron chi connectivity index (χ3n) is 4.20. The van der Waals surface area contributed by atoms with Gasteiger partial charge in [-0.05, 0) is 39.0 Å². The van der Waals surface area contributed by atoms with E-state index in [4.69, 9.17) is 4.52 Å². The highest BCUT2D eigenvalue weighted by molar-refractivity contribution is 5.91. The Hall–Kier alpha value is -3.16. The summed E-state index contributed by atoms with van der Waals surface area (Å²) in [6.45, 7) is 8.56. The summed E-state index contributed by atoms with van der Waals surface area (Å²) in [4.78, 5) is 18.7. The van der Waals surface area contributed by atoms with Gasteiger partial charge in [0.1, 0.15) is 6.54 Å². The van der Waals surface area contributed by atoms with Crippen LogP contribution in [0.1, 0.15) is 37.0 Å². The predicted molar refractivity (Wildman–Crippen MR) is 102 cm³/mol. The summed E-state index contributed by atoms with van der Waals surface area (Å²) in [6.07, 6.45) is 0.692. The van der Waals surface area contributed by atoms with Gasteiger partial charge in [0.2, 0.25) is 5.89 Å². The minimum Gasteiger partial charge on any atom is -0.337 e. The molecule has 2 amide bonds. The molecular formula is C19H24N6O2. The minimum absolute atomic E-state index is 0.234. The topological polar surface area (TPSA) is 89.1 Å². The molecule has 3 aromatic rings. The number of para-hydroxylation sites is 2. The second-order valence-electron chi connectivity index (χ2n) is 6.26. The maximum Gasteiger partial charge on any atom is 0.322 e. The first-order valence-corrected chi connectivity index (χ1v) is 9.01. The molecule has 0 aliphatic carbocycles. The van der Waals surface area contributed by atoms with Crippen molar-refractivity contribution in [2.75, 3.05) is 11.9 Å². The van der Waals surface area contributed by atoms with Gasteiger partial charge in [0.05, 0.1) is 17.1 Å². The Kier molecular flexibility index (Phi) is 5.54. The highest BCUT2D eigenvalue weighted by atomic mass is 16.5. The van der Waals surface area contributed by atoms with E-state index in [0.717, 1.165) is 17.1 Å². The van der Waals surface area contributed by atoms with Crippen LogP contribution in [0.5, 0.6) is 0 Å². The number of rotatable bonds is 6. The zero-order valence-electron chi connectivity index (χ0n) is 16.1. The first kappa shape index (κ1) is 18.6. The Morgan fingerprint density at radius 3 is 2.67 bits per heavy atom. The molecule has 0 spiro atoms. The second kappa shape index (κ2) is 8.03. The van der Waals surface area contributed by atoms with Gasteiger partial charge in [-0.3, -0.25) is 0 Å². The number of urea groups is 1. The summed E-state index contributed by atoms with van der Waals surface area (Å²) in [5.74, 6) is 1.06. The first-order chi connectivity index (χ1) is 13.0. The van der Waals surface area contributed by atoms with Gasteiger partial charge < -0.3 is 14.7 Å². The van der Waals surface area contributed by atoms with E-state index in [1.54, 1.807) is 4.90 Å². The molecule has 0 aliphatic heterocycles. The summed E-state index contributed by atoms with van der Waals surface area (Å²) in [5, 5.41) is 11.4. The van der Waals surface area contributed by atoms with Gasteiger partial charge >= 0.3 is 6.03 Å². The third kappa shape index (κ3) is 4.16. The van der Waals surface area contributed by atoms with Gasteiger partial charge in [-0.25, -0.2) is 9.48 Å². The number of amides is 2. The molecule has 8 heteroatoms. The van der Waals surface area contributed by atoms with Crippen LogP contribution in [-0.4, -0.2) is 37.4 Å². The van der Waals surface area contributed by atoms with Gasteiger partial charge in [-0.1, -0.05) is 24.2 Å². The number of anilines is 1. The molecule has 0 bridgehead atoms. The number of nitrogens with one attached hydrogen (secondary N) is 1. The normalized spacial score (nSPS) is 10.8. The lowest BCUT2D eigenvalue weighted by molar-refractivity contribution is 0.203. The first-order valence-electron chi connectivity index (χ1n) is 9.01. The molecule has 2 heterocycles. The average molecular weight is 368 g/mol. The van der Waals surface area contributed by atoms with E-state index in [2.05, 4.69) is 20.6 Å². The number of hydrogen-bond donors (Lipinski definition) is 1. The molecular weight excluding hydrogens is 344 g/mol. The molecule has 3 rings (SSSR count). The van der Waals surface area contributed by atoms with Crippen molar-refractivity contribution in [3.8, 4) is 5.69 Å². The lowest BCUT2D eigenvalue weighted by Gasteiger charge is -2.20. The van der Waals surface area contributed by atoms with Crippen LogP contribution in [0, 0.1) is 13.8 Å². The summed E-state index contributed by atoms with van der Waals surface area (Å²) in [5.41, 5.74) is 3.43. The van der Waals surface area contributed by atoms with E-state index in [1.165, 1.54) is 0 Å². The molecule has 8 nitrogen and oxygen atoms in total. The number of carbonyl (C=O) groups excluding carboxylic acids is 1. The van der Waals surface area contributed by atoms with Gasteiger partial charge in [0.25, 0.3) is 0 Å². The van der Waals surface area contributed by atoms with Gasteiger partial charge in [-0.2, -0.15) is 10.1 Å². The van der Waals surface area contributed by atoms with Crippen LogP contribution in [0.15, 0.2) is 34.9 Å². The molecule has 1 N–H and O–H groups in total. The summed E-state index contributed by atoms with van der Waals surface area (Å²) < 4.78 is 7.03. The third-order valence-corrected chi connectivity index (χ3v) is 4.20. The fraction of sp³-hybridized carbons (Fsp3) is 0.368. The van der Waals surface area contributed by atoms with E-state index in [-0.39, 0.29) is 12.6 Å². The SMILES string of the molecule is CCc1noc(CN(CC)C(=O)Nc2ccccc2-n2nc(C)cc2C)n1. The lowest BCUT2D eigenvalue weighted by Crippen LogP contribution is -2.34. The van der Waals surface area contributed by atoms with Crippen LogP contribution in [0.25, 0.3) is 5.69 Å². The highest BCUT2D eigenvalue weighted by Crippen LogP contribution is 2.22. The van der Waals surface area contributed by atoms with E-state index in [0.29, 0.717) is 30.4 Å². The summed E-state index contributed by atoms with van der Waals surface area (Å²) >= 11 is 0. The summed E-state index contributed by atoms with van der Waals surface area (Å²) in [7, 11) is 0. The predicted octanol–water partition coefficient (Wildman–Crippen LogP) is 3.49. The minimum atomic E-state index is -0.234. The van der Waals surface area contributed by atoms with Crippen LogP contribution >= 0.6 is 0 Å². The maximum atomic E-state index is 12.8. The van der Waals surface area contributed by atoms with Gasteiger partial charge in [0.15, 0.2) is 5.82 Å². The Labute approximate surface area is 158 Å². The zero-order chi connectivity index (χ0) is 19.4. The van der Waals surface area contributed by atoms with Crippen LogP contribution in [-0.2, 0) is 13.0 Å². The van der Waals surface area contributed by atoms with Crippen LogP contribution < -0.4 is 5.32 Å². The number of carbonyl (C=O) groups is 1. The standard InChI is InChI=1S/C19H24N6O2/c1-5-17-21-18(27-23-17)12-24(6-2)19(26)20-15-9-7-8-10-16(15)25-14(4)11-13(3)22-25/h7-11H,5-6,12H2,1-4H3,(H,20,26). The molecule has 0 fully saturated rings.